The first kappa shape index (κ1) is 16.8. The van der Waals surface area contributed by atoms with Gasteiger partial charge >= 0.3 is 0 Å². The number of anilines is 1. The Bertz CT molecular complexity index is 1070. The number of H-pyrrole nitrogens is 1. The summed E-state index contributed by atoms with van der Waals surface area (Å²) in [6, 6.07) is 17.4. The van der Waals surface area contributed by atoms with Crippen LogP contribution in [-0.4, -0.2) is 37.2 Å². The number of amides is 1. The molecule has 0 saturated heterocycles. The third-order valence-corrected chi connectivity index (χ3v) is 3.98. The van der Waals surface area contributed by atoms with Crippen molar-refractivity contribution in [2.75, 3.05) is 5.32 Å². The van der Waals surface area contributed by atoms with Crippen LogP contribution in [0.1, 0.15) is 24.3 Å². The number of fused-ring (bicyclic) bond motifs is 1. The van der Waals surface area contributed by atoms with Crippen molar-refractivity contribution in [2.45, 2.75) is 20.0 Å². The first-order chi connectivity index (χ1) is 13.1. The lowest BCUT2D eigenvalue weighted by atomic mass is 10.2. The first-order valence-corrected chi connectivity index (χ1v) is 8.55. The molecule has 8 heteroatoms. The van der Waals surface area contributed by atoms with Crippen LogP contribution in [0.15, 0.2) is 54.6 Å². The zero-order valence-electron chi connectivity index (χ0n) is 14.9. The molecule has 4 rings (SSSR count). The number of nitrogens with one attached hydrogen (secondary N) is 2. The molecule has 2 aromatic heterocycles. The molecule has 2 aromatic carbocycles. The number of aromatic amines is 1. The van der Waals surface area contributed by atoms with E-state index in [-0.39, 0.29) is 18.0 Å². The monoisotopic (exact) mass is 362 g/mol. The Balaban J connectivity index is 1.97. The highest BCUT2D eigenvalue weighted by Gasteiger charge is 2.26. The van der Waals surface area contributed by atoms with Crippen LogP contribution in [0.5, 0.6) is 5.75 Å². The molecular formula is C19H18N6O2. The number of carbonyl (C=O) groups is 1. The second-order valence-corrected chi connectivity index (χ2v) is 6.22. The lowest BCUT2D eigenvalue weighted by molar-refractivity contribution is 0.101. The molecule has 0 spiro atoms. The van der Waals surface area contributed by atoms with Crippen LogP contribution in [0.3, 0.4) is 0 Å². The van der Waals surface area contributed by atoms with Crippen molar-refractivity contribution in [3.8, 4) is 11.4 Å². The molecule has 0 aliphatic carbocycles. The number of nitrogens with zero attached hydrogens (tertiary/aromatic N) is 4. The lowest BCUT2D eigenvalue weighted by Crippen LogP contribution is -2.19. The molecule has 27 heavy (non-hydrogen) atoms. The Morgan fingerprint density at radius 3 is 2.56 bits per heavy atom. The van der Waals surface area contributed by atoms with Crippen molar-refractivity contribution in [1.29, 1.82) is 0 Å². The maximum atomic E-state index is 13.1. The summed E-state index contributed by atoms with van der Waals surface area (Å²) in [7, 11) is 0. The molecule has 0 saturated carbocycles. The smallest absolute Gasteiger partial charge is 0.279 e. The topological polar surface area (TPSA) is 97.7 Å². The van der Waals surface area contributed by atoms with E-state index in [1.807, 2.05) is 73.0 Å². The Labute approximate surface area is 155 Å². The van der Waals surface area contributed by atoms with Crippen LogP contribution in [0.4, 0.5) is 5.95 Å². The van der Waals surface area contributed by atoms with Crippen molar-refractivity contribution in [2.24, 2.45) is 0 Å². The summed E-state index contributed by atoms with van der Waals surface area (Å²) < 4.78 is 7.93. The van der Waals surface area contributed by atoms with Crippen LogP contribution >= 0.6 is 0 Å². The lowest BCUT2D eigenvalue weighted by Gasteiger charge is -2.13. The number of rotatable bonds is 5. The highest BCUT2D eigenvalue weighted by molar-refractivity contribution is 6.10. The van der Waals surface area contributed by atoms with Gasteiger partial charge in [-0.2, -0.15) is 5.21 Å². The summed E-state index contributed by atoms with van der Waals surface area (Å²) in [6.07, 6.45) is -0.100. The second-order valence-electron chi connectivity index (χ2n) is 6.22. The van der Waals surface area contributed by atoms with Gasteiger partial charge in [0.2, 0.25) is 0 Å². The van der Waals surface area contributed by atoms with Crippen LogP contribution in [0.2, 0.25) is 0 Å². The summed E-state index contributed by atoms with van der Waals surface area (Å²) in [6.45, 7) is 3.85. The van der Waals surface area contributed by atoms with Gasteiger partial charge in [-0.15, -0.1) is 5.10 Å². The number of aromatic nitrogens is 5. The fraction of sp³-hybridized carbons (Fsp3) is 0.158. The minimum absolute atomic E-state index is 0.0976. The summed E-state index contributed by atoms with van der Waals surface area (Å²) >= 11 is 0. The first-order valence-electron chi connectivity index (χ1n) is 8.55. The van der Waals surface area contributed by atoms with Crippen molar-refractivity contribution in [3.63, 3.8) is 0 Å². The number of para-hydroxylation sites is 2. The van der Waals surface area contributed by atoms with E-state index in [0.717, 1.165) is 16.6 Å². The fourth-order valence-corrected chi connectivity index (χ4v) is 2.99. The van der Waals surface area contributed by atoms with E-state index >= 15 is 0 Å². The normalized spacial score (nSPS) is 11.1. The largest absolute Gasteiger partial charge is 0.488 e. The summed E-state index contributed by atoms with van der Waals surface area (Å²) in [5.41, 5.74) is 2.10. The fourth-order valence-electron chi connectivity index (χ4n) is 2.99. The molecular weight excluding hydrogens is 344 g/mol. The van der Waals surface area contributed by atoms with Crippen LogP contribution in [-0.2, 0) is 0 Å². The van der Waals surface area contributed by atoms with Gasteiger partial charge in [0.25, 0.3) is 11.9 Å². The highest BCUT2D eigenvalue weighted by Crippen LogP contribution is 2.36. The van der Waals surface area contributed by atoms with Gasteiger partial charge in [-0.1, -0.05) is 35.4 Å². The molecule has 2 heterocycles. The minimum atomic E-state index is -0.382. The molecule has 136 valence electrons. The maximum Gasteiger partial charge on any atom is 0.279 e. The van der Waals surface area contributed by atoms with Gasteiger partial charge in [0.15, 0.2) is 11.4 Å². The minimum Gasteiger partial charge on any atom is -0.488 e. The zero-order valence-corrected chi connectivity index (χ0v) is 14.9. The number of benzene rings is 2. The van der Waals surface area contributed by atoms with Gasteiger partial charge in [-0.05, 0) is 43.3 Å². The Morgan fingerprint density at radius 2 is 1.85 bits per heavy atom. The van der Waals surface area contributed by atoms with Crippen LogP contribution in [0, 0.1) is 0 Å². The van der Waals surface area contributed by atoms with Crippen molar-refractivity contribution in [3.05, 3.63) is 60.3 Å². The number of tetrazole rings is 1. The zero-order chi connectivity index (χ0) is 18.8. The predicted octanol–water partition coefficient (Wildman–Crippen LogP) is 3.18. The van der Waals surface area contributed by atoms with Gasteiger partial charge in [0.05, 0.1) is 11.6 Å². The van der Waals surface area contributed by atoms with Gasteiger partial charge in [-0.3, -0.25) is 10.1 Å². The number of hydrogen-bond acceptors (Lipinski definition) is 5. The van der Waals surface area contributed by atoms with E-state index in [1.165, 1.54) is 0 Å². The average molecular weight is 362 g/mol. The van der Waals surface area contributed by atoms with Gasteiger partial charge in [0, 0.05) is 11.1 Å². The van der Waals surface area contributed by atoms with Gasteiger partial charge in [-0.25, -0.2) is 0 Å². The molecule has 0 aliphatic heterocycles. The average Bonchev–Trinajstić information content (AvgIpc) is 3.28. The molecule has 8 nitrogen and oxygen atoms in total. The van der Waals surface area contributed by atoms with Crippen molar-refractivity contribution in [1.82, 2.24) is 25.2 Å². The summed E-state index contributed by atoms with van der Waals surface area (Å²) in [5.74, 6) is 0.234. The second kappa shape index (κ2) is 6.91. The van der Waals surface area contributed by atoms with E-state index in [0.29, 0.717) is 11.4 Å². The third-order valence-electron chi connectivity index (χ3n) is 3.98. The van der Waals surface area contributed by atoms with Crippen LogP contribution in [0.25, 0.3) is 16.6 Å². The molecule has 2 N–H and O–H groups in total. The maximum absolute atomic E-state index is 13.1. The molecule has 0 bridgehead atoms. The standard InChI is InChI=1S/C19H18N6O2/c1-12(2)27-17-14-10-6-7-11-15(14)25(13-8-4-3-5-9-13)16(17)18(26)20-19-21-23-24-22-19/h3-12H,1-2H3,(H2,20,21,22,23,24,26). The van der Waals surface area contributed by atoms with Crippen LogP contribution < -0.4 is 10.1 Å². The van der Waals surface area contributed by atoms with E-state index in [1.54, 1.807) is 0 Å². The molecule has 0 atom stereocenters. The predicted molar refractivity (Wildman–Crippen MR) is 101 cm³/mol. The number of carbonyl (C=O) groups excluding carboxylic acids is 1. The Kier molecular flexibility index (Phi) is 4.29. The van der Waals surface area contributed by atoms with E-state index in [9.17, 15) is 4.79 Å². The Hall–Kier alpha value is -3.68. The summed E-state index contributed by atoms with van der Waals surface area (Å²) in [4.78, 5) is 13.1. The Morgan fingerprint density at radius 1 is 1.11 bits per heavy atom. The van der Waals surface area contributed by atoms with Gasteiger partial charge < -0.3 is 9.30 Å². The molecule has 1 amide bonds. The summed E-state index contributed by atoms with van der Waals surface area (Å²) in [5, 5.41) is 16.9. The SMILES string of the molecule is CC(C)Oc1c(C(=O)Nc2nn[nH]n2)n(-c2ccccc2)c2ccccc12. The van der Waals surface area contributed by atoms with Crippen molar-refractivity contribution < 1.29 is 9.53 Å². The van der Waals surface area contributed by atoms with E-state index in [4.69, 9.17) is 4.74 Å². The molecule has 0 radical (unpaired) electrons. The number of ether oxygens (including phenoxy) is 1. The molecule has 0 fully saturated rings. The van der Waals surface area contributed by atoms with E-state index < -0.39 is 0 Å². The quantitative estimate of drug-likeness (QED) is 0.568. The molecule has 0 unspecified atom stereocenters. The molecule has 0 aliphatic rings. The third kappa shape index (κ3) is 3.12. The highest BCUT2D eigenvalue weighted by atomic mass is 16.5. The van der Waals surface area contributed by atoms with Gasteiger partial charge in [0.1, 0.15) is 0 Å². The number of hydrogen-bond donors (Lipinski definition) is 2. The van der Waals surface area contributed by atoms with Crippen molar-refractivity contribution >= 4 is 22.8 Å². The molecule has 4 aromatic rings. The van der Waals surface area contributed by atoms with E-state index in [2.05, 4.69) is 25.9 Å².